The highest BCUT2D eigenvalue weighted by atomic mass is 19.1. The summed E-state index contributed by atoms with van der Waals surface area (Å²) in [5, 5.41) is 3.81. The van der Waals surface area contributed by atoms with Gasteiger partial charge in [0.1, 0.15) is 5.82 Å². The van der Waals surface area contributed by atoms with Gasteiger partial charge in [-0.3, -0.25) is 9.78 Å². The minimum atomic E-state index is -0.294. The van der Waals surface area contributed by atoms with Crippen molar-refractivity contribution in [1.29, 1.82) is 0 Å². The Kier molecular flexibility index (Phi) is 6.00. The van der Waals surface area contributed by atoms with Crippen molar-refractivity contribution in [3.63, 3.8) is 0 Å². The highest BCUT2D eigenvalue weighted by molar-refractivity contribution is 6.07. The number of hydrogen-bond donors (Lipinski definition) is 1. The maximum absolute atomic E-state index is 13.7. The zero-order valence-corrected chi connectivity index (χ0v) is 17.4. The zero-order valence-electron chi connectivity index (χ0n) is 17.4. The van der Waals surface area contributed by atoms with E-state index in [0.717, 1.165) is 22.0 Å². The third-order valence-electron chi connectivity index (χ3n) is 5.25. The third-order valence-corrected chi connectivity index (χ3v) is 5.25. The second kappa shape index (κ2) is 9.02. The van der Waals surface area contributed by atoms with Gasteiger partial charge in [-0.05, 0) is 56.1 Å². The van der Waals surface area contributed by atoms with Crippen LogP contribution in [0.25, 0.3) is 22.2 Å². The molecule has 0 fully saturated rings. The maximum Gasteiger partial charge on any atom is 0.252 e. The summed E-state index contributed by atoms with van der Waals surface area (Å²) in [5.74, 6) is -0.491. The Hall–Kier alpha value is -3.64. The molecule has 31 heavy (non-hydrogen) atoms. The van der Waals surface area contributed by atoms with Crippen LogP contribution in [0, 0.1) is 5.82 Å². The Bertz CT molecular complexity index is 1210. The minimum absolute atomic E-state index is 0.160. The molecule has 1 unspecified atom stereocenters. The number of hydrogen-bond acceptors (Lipinski definition) is 4. The number of fused-ring (bicyclic) bond motifs is 1. The average Bonchev–Trinajstić information content (AvgIpc) is 2.79. The molecule has 0 aliphatic carbocycles. The molecular weight excluding hydrogens is 391 g/mol. The van der Waals surface area contributed by atoms with E-state index in [-0.39, 0.29) is 17.8 Å². The van der Waals surface area contributed by atoms with Crippen molar-refractivity contribution in [2.75, 3.05) is 20.6 Å². The minimum Gasteiger partial charge on any atom is -0.350 e. The lowest BCUT2D eigenvalue weighted by Crippen LogP contribution is -2.34. The number of pyridine rings is 2. The van der Waals surface area contributed by atoms with E-state index in [1.807, 2.05) is 61.5 Å². The van der Waals surface area contributed by atoms with Crippen molar-refractivity contribution >= 4 is 16.8 Å². The summed E-state index contributed by atoms with van der Waals surface area (Å²) >= 11 is 0. The molecule has 0 aliphatic heterocycles. The number of carbonyl (C=O) groups excluding carboxylic acids is 1. The van der Waals surface area contributed by atoms with Crippen LogP contribution >= 0.6 is 0 Å². The summed E-state index contributed by atoms with van der Waals surface area (Å²) in [7, 11) is 3.82. The number of amides is 1. The van der Waals surface area contributed by atoms with Gasteiger partial charge in [0, 0.05) is 29.9 Å². The first-order chi connectivity index (χ1) is 15.0. The van der Waals surface area contributed by atoms with E-state index in [1.54, 1.807) is 24.5 Å². The van der Waals surface area contributed by atoms with Crippen molar-refractivity contribution in [1.82, 2.24) is 20.2 Å². The van der Waals surface area contributed by atoms with Crippen LogP contribution in [0.5, 0.6) is 0 Å². The predicted octanol–water partition coefficient (Wildman–Crippen LogP) is 4.47. The van der Waals surface area contributed by atoms with Gasteiger partial charge in [0.05, 0.1) is 22.8 Å². The summed E-state index contributed by atoms with van der Waals surface area (Å²) < 4.78 is 13.7. The van der Waals surface area contributed by atoms with Gasteiger partial charge in [0.15, 0.2) is 0 Å². The molecule has 4 rings (SSSR count). The summed E-state index contributed by atoms with van der Waals surface area (Å²) in [6, 6.07) is 19.4. The van der Waals surface area contributed by atoms with E-state index in [2.05, 4.69) is 10.3 Å². The van der Waals surface area contributed by atoms with Crippen molar-refractivity contribution in [2.45, 2.75) is 6.04 Å². The van der Waals surface area contributed by atoms with Crippen LogP contribution in [0.1, 0.15) is 22.0 Å². The van der Waals surface area contributed by atoms with Crippen molar-refractivity contribution in [3.05, 3.63) is 96.1 Å². The Balaban J connectivity index is 1.65. The SMILES string of the molecule is CN(C)C(CNC(=O)c1cc(-c2ccncc2)nc2ccccc12)c1cccc(F)c1. The molecule has 0 bridgehead atoms. The van der Waals surface area contributed by atoms with Crippen LogP contribution in [0.2, 0.25) is 0 Å². The topological polar surface area (TPSA) is 58.1 Å². The molecule has 2 heterocycles. The van der Waals surface area contributed by atoms with Crippen LogP contribution in [0.4, 0.5) is 4.39 Å². The molecule has 0 saturated heterocycles. The zero-order chi connectivity index (χ0) is 21.8. The summed E-state index contributed by atoms with van der Waals surface area (Å²) in [6.45, 7) is 0.344. The fraction of sp³-hybridized carbons (Fsp3) is 0.160. The molecule has 4 aromatic rings. The normalized spacial score (nSPS) is 12.1. The van der Waals surface area contributed by atoms with Gasteiger partial charge in [-0.1, -0.05) is 30.3 Å². The van der Waals surface area contributed by atoms with Gasteiger partial charge in [-0.25, -0.2) is 9.37 Å². The number of nitrogens with zero attached hydrogens (tertiary/aromatic N) is 3. The van der Waals surface area contributed by atoms with Gasteiger partial charge in [0.2, 0.25) is 0 Å². The van der Waals surface area contributed by atoms with Gasteiger partial charge in [0.25, 0.3) is 5.91 Å². The molecule has 2 aromatic carbocycles. The van der Waals surface area contributed by atoms with Crippen LogP contribution < -0.4 is 5.32 Å². The lowest BCUT2D eigenvalue weighted by molar-refractivity contribution is 0.0943. The highest BCUT2D eigenvalue weighted by Crippen LogP contribution is 2.25. The van der Waals surface area contributed by atoms with E-state index in [1.165, 1.54) is 12.1 Å². The molecule has 0 radical (unpaired) electrons. The van der Waals surface area contributed by atoms with Crippen LogP contribution in [0.15, 0.2) is 79.1 Å². The summed E-state index contributed by atoms with van der Waals surface area (Å²) in [6.07, 6.45) is 3.40. The number of aromatic nitrogens is 2. The molecule has 0 aliphatic rings. The molecule has 1 atom stereocenters. The molecule has 0 saturated carbocycles. The molecule has 1 N–H and O–H groups in total. The number of nitrogens with one attached hydrogen (secondary N) is 1. The molecule has 6 heteroatoms. The molecule has 0 spiro atoms. The Morgan fingerprint density at radius 3 is 2.55 bits per heavy atom. The molecule has 156 valence electrons. The average molecular weight is 414 g/mol. The lowest BCUT2D eigenvalue weighted by Gasteiger charge is -2.25. The highest BCUT2D eigenvalue weighted by Gasteiger charge is 2.18. The van der Waals surface area contributed by atoms with E-state index < -0.39 is 0 Å². The molecule has 5 nitrogen and oxygen atoms in total. The van der Waals surface area contributed by atoms with Crippen LogP contribution in [-0.2, 0) is 0 Å². The first kappa shape index (κ1) is 20.6. The number of likely N-dealkylation sites (N-methyl/N-ethyl adjacent to an activating group) is 1. The number of para-hydroxylation sites is 1. The Labute approximate surface area is 180 Å². The fourth-order valence-electron chi connectivity index (χ4n) is 3.63. The number of halogens is 1. The van der Waals surface area contributed by atoms with Gasteiger partial charge in [-0.15, -0.1) is 0 Å². The van der Waals surface area contributed by atoms with Gasteiger partial charge >= 0.3 is 0 Å². The smallest absolute Gasteiger partial charge is 0.252 e. The summed E-state index contributed by atoms with van der Waals surface area (Å²) in [4.78, 5) is 23.9. The monoisotopic (exact) mass is 414 g/mol. The molecule has 2 aromatic heterocycles. The first-order valence-electron chi connectivity index (χ1n) is 10.0. The van der Waals surface area contributed by atoms with Crippen molar-refractivity contribution in [3.8, 4) is 11.3 Å². The Morgan fingerprint density at radius 1 is 1.03 bits per heavy atom. The maximum atomic E-state index is 13.7. The quantitative estimate of drug-likeness (QED) is 0.506. The van der Waals surface area contributed by atoms with Gasteiger partial charge in [-0.2, -0.15) is 0 Å². The third kappa shape index (κ3) is 4.59. The largest absolute Gasteiger partial charge is 0.350 e. The van der Waals surface area contributed by atoms with Crippen molar-refractivity contribution < 1.29 is 9.18 Å². The van der Waals surface area contributed by atoms with E-state index in [4.69, 9.17) is 4.98 Å². The van der Waals surface area contributed by atoms with Crippen LogP contribution in [0.3, 0.4) is 0 Å². The molecule has 1 amide bonds. The van der Waals surface area contributed by atoms with E-state index >= 15 is 0 Å². The second-order valence-corrected chi connectivity index (χ2v) is 7.55. The number of rotatable bonds is 6. The Morgan fingerprint density at radius 2 is 1.81 bits per heavy atom. The second-order valence-electron chi connectivity index (χ2n) is 7.55. The fourth-order valence-corrected chi connectivity index (χ4v) is 3.63. The number of carbonyl (C=O) groups is 1. The van der Waals surface area contributed by atoms with E-state index in [9.17, 15) is 9.18 Å². The van der Waals surface area contributed by atoms with Crippen molar-refractivity contribution in [2.24, 2.45) is 0 Å². The van der Waals surface area contributed by atoms with Crippen LogP contribution in [-0.4, -0.2) is 41.4 Å². The van der Waals surface area contributed by atoms with Gasteiger partial charge < -0.3 is 10.2 Å². The van der Waals surface area contributed by atoms with E-state index in [0.29, 0.717) is 17.8 Å². The summed E-state index contributed by atoms with van der Waals surface area (Å²) in [5.41, 5.74) is 3.70. The standard InChI is InChI=1S/C25H23FN4O/c1-30(2)24(18-6-5-7-19(26)14-18)16-28-25(31)21-15-23(17-10-12-27-13-11-17)29-22-9-4-3-8-20(21)22/h3-15,24H,16H2,1-2H3,(H,28,31). The first-order valence-corrected chi connectivity index (χ1v) is 10.0. The lowest BCUT2D eigenvalue weighted by atomic mass is 10.0. The number of benzene rings is 2. The molecular formula is C25H23FN4O. The predicted molar refractivity (Wildman–Crippen MR) is 120 cm³/mol.